The summed E-state index contributed by atoms with van der Waals surface area (Å²) < 4.78 is 0. The third-order valence-electron chi connectivity index (χ3n) is 9.32. The average Bonchev–Trinajstić information content (AvgIpc) is 3.16. The SMILES string of the molecule is C=C1/C(=C\C=C2/CCC[C@@]3(C)C2CC[C@@H]3[C@H](C)/C=C/C(C)=C/C(O)(CC)CC)C[C@@H](O)C[C@@H]1O. The molecule has 0 aromatic carbocycles. The Bertz CT molecular complexity index is 856. The van der Waals surface area contributed by atoms with E-state index in [-0.39, 0.29) is 0 Å². The van der Waals surface area contributed by atoms with Gasteiger partial charge in [-0.2, -0.15) is 0 Å². The molecule has 190 valence electrons. The van der Waals surface area contributed by atoms with Gasteiger partial charge in [0.15, 0.2) is 0 Å². The maximum atomic E-state index is 10.6. The lowest BCUT2D eigenvalue weighted by Gasteiger charge is -2.44. The molecule has 3 aliphatic carbocycles. The highest BCUT2D eigenvalue weighted by Gasteiger charge is 2.50. The first-order chi connectivity index (χ1) is 16.0. The van der Waals surface area contributed by atoms with Crippen molar-refractivity contribution in [2.24, 2.45) is 23.2 Å². The van der Waals surface area contributed by atoms with E-state index in [1.807, 2.05) is 19.9 Å². The Hall–Kier alpha value is -1.42. The molecule has 6 atom stereocenters. The van der Waals surface area contributed by atoms with E-state index < -0.39 is 17.8 Å². The smallest absolute Gasteiger partial charge is 0.0828 e. The van der Waals surface area contributed by atoms with E-state index >= 15 is 0 Å². The molecule has 0 spiro atoms. The molecule has 3 N–H and O–H groups in total. The molecule has 0 heterocycles. The number of hydrogen-bond donors (Lipinski definition) is 3. The molecule has 0 saturated heterocycles. The van der Waals surface area contributed by atoms with Crippen molar-refractivity contribution in [2.75, 3.05) is 0 Å². The number of aliphatic hydroxyl groups excluding tert-OH is 2. The monoisotopic (exact) mass is 468 g/mol. The van der Waals surface area contributed by atoms with Crippen LogP contribution in [0.5, 0.6) is 0 Å². The number of allylic oxidation sites excluding steroid dienone is 6. The quantitative estimate of drug-likeness (QED) is 0.359. The van der Waals surface area contributed by atoms with Gasteiger partial charge in [-0.15, -0.1) is 0 Å². The van der Waals surface area contributed by atoms with Crippen LogP contribution < -0.4 is 0 Å². The Morgan fingerprint density at radius 2 is 1.91 bits per heavy atom. The van der Waals surface area contributed by atoms with Crippen molar-refractivity contribution in [1.29, 1.82) is 0 Å². The van der Waals surface area contributed by atoms with E-state index in [0.29, 0.717) is 36.0 Å². The fourth-order valence-electron chi connectivity index (χ4n) is 6.97. The third kappa shape index (κ3) is 5.86. The topological polar surface area (TPSA) is 60.7 Å². The zero-order valence-corrected chi connectivity index (χ0v) is 22.2. The number of rotatable bonds is 7. The van der Waals surface area contributed by atoms with Crippen LogP contribution in [0.1, 0.15) is 92.4 Å². The molecule has 3 nitrogen and oxygen atoms in total. The van der Waals surface area contributed by atoms with Crippen LogP contribution >= 0.6 is 0 Å². The van der Waals surface area contributed by atoms with Crippen molar-refractivity contribution in [3.8, 4) is 0 Å². The summed E-state index contributed by atoms with van der Waals surface area (Å²) >= 11 is 0. The van der Waals surface area contributed by atoms with Gasteiger partial charge in [-0.3, -0.25) is 0 Å². The zero-order valence-electron chi connectivity index (χ0n) is 22.2. The highest BCUT2D eigenvalue weighted by atomic mass is 16.3. The second kappa shape index (κ2) is 11.1. The van der Waals surface area contributed by atoms with Crippen LogP contribution in [0.2, 0.25) is 0 Å². The average molecular weight is 469 g/mol. The first-order valence-electron chi connectivity index (χ1n) is 13.6. The second-order valence-corrected chi connectivity index (χ2v) is 11.6. The molecule has 0 aromatic heterocycles. The van der Waals surface area contributed by atoms with Gasteiger partial charge in [0.2, 0.25) is 0 Å². The molecule has 0 aromatic rings. The minimum Gasteiger partial charge on any atom is -0.393 e. The maximum Gasteiger partial charge on any atom is 0.0828 e. The predicted octanol–water partition coefficient (Wildman–Crippen LogP) is 6.82. The molecule has 3 fully saturated rings. The number of hydrogen-bond acceptors (Lipinski definition) is 3. The van der Waals surface area contributed by atoms with Gasteiger partial charge in [-0.1, -0.05) is 75.8 Å². The van der Waals surface area contributed by atoms with Crippen LogP contribution in [0.4, 0.5) is 0 Å². The van der Waals surface area contributed by atoms with Crippen molar-refractivity contribution in [3.05, 3.63) is 59.3 Å². The summed E-state index contributed by atoms with van der Waals surface area (Å²) in [5.74, 6) is 1.76. The fraction of sp³-hybridized carbons (Fsp3) is 0.677. The van der Waals surface area contributed by atoms with Crippen molar-refractivity contribution in [1.82, 2.24) is 0 Å². The normalized spacial score (nSPS) is 36.5. The summed E-state index contributed by atoms with van der Waals surface area (Å²) in [7, 11) is 0. The van der Waals surface area contributed by atoms with Crippen LogP contribution in [-0.4, -0.2) is 33.1 Å². The van der Waals surface area contributed by atoms with Crippen molar-refractivity contribution >= 4 is 0 Å². The highest BCUT2D eigenvalue weighted by molar-refractivity contribution is 5.38. The lowest BCUT2D eigenvalue weighted by Crippen LogP contribution is -2.35. The summed E-state index contributed by atoms with van der Waals surface area (Å²) in [6.45, 7) is 15.1. The van der Waals surface area contributed by atoms with Crippen LogP contribution in [0, 0.1) is 23.2 Å². The summed E-state index contributed by atoms with van der Waals surface area (Å²) in [4.78, 5) is 0. The molecule has 0 amide bonds. The molecule has 3 rings (SSSR count). The first kappa shape index (κ1) is 27.2. The molecule has 0 aliphatic heterocycles. The molecular formula is C31H48O3. The summed E-state index contributed by atoms with van der Waals surface area (Å²) in [6.07, 6.45) is 18.5. The van der Waals surface area contributed by atoms with Gasteiger partial charge in [0.25, 0.3) is 0 Å². The van der Waals surface area contributed by atoms with E-state index in [1.54, 1.807) is 0 Å². The van der Waals surface area contributed by atoms with Gasteiger partial charge < -0.3 is 15.3 Å². The van der Waals surface area contributed by atoms with Gasteiger partial charge in [0, 0.05) is 6.42 Å². The van der Waals surface area contributed by atoms with Crippen LogP contribution in [0.3, 0.4) is 0 Å². The second-order valence-electron chi connectivity index (χ2n) is 11.6. The van der Waals surface area contributed by atoms with E-state index in [4.69, 9.17) is 0 Å². The molecule has 3 saturated carbocycles. The molecule has 0 radical (unpaired) electrons. The number of fused-ring (bicyclic) bond motifs is 1. The molecule has 3 heteroatoms. The van der Waals surface area contributed by atoms with Gasteiger partial charge in [0.1, 0.15) is 0 Å². The zero-order chi connectivity index (χ0) is 25.1. The van der Waals surface area contributed by atoms with Crippen LogP contribution in [-0.2, 0) is 0 Å². The van der Waals surface area contributed by atoms with Gasteiger partial charge in [-0.25, -0.2) is 0 Å². The van der Waals surface area contributed by atoms with Gasteiger partial charge >= 0.3 is 0 Å². The minimum absolute atomic E-state index is 0.306. The minimum atomic E-state index is -0.699. The third-order valence-corrected chi connectivity index (χ3v) is 9.32. The van der Waals surface area contributed by atoms with E-state index in [1.165, 1.54) is 31.3 Å². The number of aliphatic hydroxyl groups is 3. The van der Waals surface area contributed by atoms with E-state index in [0.717, 1.165) is 36.0 Å². The lowest BCUT2D eigenvalue weighted by molar-refractivity contribution is 0.0821. The Labute approximate surface area is 208 Å². The van der Waals surface area contributed by atoms with Gasteiger partial charge in [-0.05, 0) is 92.6 Å². The first-order valence-corrected chi connectivity index (χ1v) is 13.6. The van der Waals surface area contributed by atoms with Crippen LogP contribution in [0.15, 0.2) is 59.3 Å². The van der Waals surface area contributed by atoms with Gasteiger partial charge in [0.05, 0.1) is 17.8 Å². The molecule has 1 unspecified atom stereocenters. The highest BCUT2D eigenvalue weighted by Crippen LogP contribution is 2.59. The van der Waals surface area contributed by atoms with E-state index in [2.05, 4.69) is 51.7 Å². The van der Waals surface area contributed by atoms with Crippen molar-refractivity contribution in [2.45, 2.75) is 110 Å². The molecular weight excluding hydrogens is 420 g/mol. The van der Waals surface area contributed by atoms with E-state index in [9.17, 15) is 15.3 Å². The molecule has 3 aliphatic rings. The Balaban J connectivity index is 1.75. The summed E-state index contributed by atoms with van der Waals surface area (Å²) in [5, 5.41) is 30.9. The summed E-state index contributed by atoms with van der Waals surface area (Å²) in [5.41, 5.74) is 4.05. The Kier molecular flexibility index (Phi) is 8.87. The predicted molar refractivity (Wildman–Crippen MR) is 142 cm³/mol. The molecule has 0 bridgehead atoms. The Morgan fingerprint density at radius 1 is 1.21 bits per heavy atom. The van der Waals surface area contributed by atoms with Crippen molar-refractivity contribution in [3.63, 3.8) is 0 Å². The lowest BCUT2D eigenvalue weighted by atomic mass is 9.61. The maximum absolute atomic E-state index is 10.6. The standard InChI is InChI=1S/C31H48O3/c1-7-31(34,8-2)20-21(3)11-12-22(4)27-15-16-28-24(10-9-17-30(27,28)6)13-14-25-18-26(32)19-29(33)23(25)5/h11-14,20,22,26-29,32-34H,5,7-10,15-19H2,1-4,6H3/b12-11+,21-20+,24-13+,25-14-/t22-,26-,27-,28?,29+,30-/m1/s1. The summed E-state index contributed by atoms with van der Waals surface area (Å²) in [6, 6.07) is 0. The largest absolute Gasteiger partial charge is 0.393 e. The molecule has 34 heavy (non-hydrogen) atoms. The fourth-order valence-corrected chi connectivity index (χ4v) is 6.97. The van der Waals surface area contributed by atoms with Crippen molar-refractivity contribution < 1.29 is 15.3 Å². The Morgan fingerprint density at radius 3 is 2.59 bits per heavy atom. The van der Waals surface area contributed by atoms with Crippen LogP contribution in [0.25, 0.3) is 0 Å².